The highest BCUT2D eigenvalue weighted by molar-refractivity contribution is 5.77. The van der Waals surface area contributed by atoms with Crippen molar-refractivity contribution in [1.29, 1.82) is 0 Å². The van der Waals surface area contributed by atoms with Crippen molar-refractivity contribution in [3.05, 3.63) is 59.2 Å². The molecule has 1 amide bonds. The Hall–Kier alpha value is -2.49. The number of carbonyl (C=O) groups is 1. The van der Waals surface area contributed by atoms with Crippen LogP contribution in [0.5, 0.6) is 11.5 Å². The van der Waals surface area contributed by atoms with Gasteiger partial charge in [-0.15, -0.1) is 0 Å². The van der Waals surface area contributed by atoms with Gasteiger partial charge in [-0.05, 0) is 50.1 Å². The van der Waals surface area contributed by atoms with Gasteiger partial charge in [0, 0.05) is 0 Å². The number of hydrogen-bond acceptors (Lipinski definition) is 3. The lowest BCUT2D eigenvalue weighted by molar-refractivity contribution is -0.123. The molecule has 23 heavy (non-hydrogen) atoms. The Morgan fingerprint density at radius 2 is 1.65 bits per heavy atom. The van der Waals surface area contributed by atoms with Gasteiger partial charge in [0.05, 0.1) is 6.54 Å². The van der Waals surface area contributed by atoms with Crippen molar-refractivity contribution in [2.24, 2.45) is 0 Å². The van der Waals surface area contributed by atoms with E-state index in [9.17, 15) is 4.79 Å². The fraction of sp³-hybridized carbons (Fsp3) is 0.316. The van der Waals surface area contributed by atoms with E-state index in [1.165, 1.54) is 5.56 Å². The smallest absolute Gasteiger partial charge is 0.258 e. The molecule has 0 unspecified atom stereocenters. The lowest BCUT2D eigenvalue weighted by atomic mass is 10.1. The average Bonchev–Trinajstić information content (AvgIpc) is 2.54. The fourth-order valence-corrected chi connectivity index (χ4v) is 2.05. The summed E-state index contributed by atoms with van der Waals surface area (Å²) in [5.74, 6) is 1.39. The number of rotatable bonds is 7. The Morgan fingerprint density at radius 3 is 2.39 bits per heavy atom. The zero-order valence-corrected chi connectivity index (χ0v) is 13.9. The first-order chi connectivity index (χ1) is 11.0. The van der Waals surface area contributed by atoms with Crippen molar-refractivity contribution >= 4 is 5.91 Å². The van der Waals surface area contributed by atoms with Crippen molar-refractivity contribution < 1.29 is 14.3 Å². The summed E-state index contributed by atoms with van der Waals surface area (Å²) in [5, 5.41) is 2.78. The van der Waals surface area contributed by atoms with E-state index in [1.54, 1.807) is 0 Å². The van der Waals surface area contributed by atoms with E-state index in [0.717, 1.165) is 22.6 Å². The predicted octanol–water partition coefficient (Wildman–Crippen LogP) is 3.19. The second-order valence-electron chi connectivity index (χ2n) is 5.57. The predicted molar refractivity (Wildman–Crippen MR) is 91.1 cm³/mol. The number of carbonyl (C=O) groups excluding carboxylic acids is 1. The van der Waals surface area contributed by atoms with Crippen LogP contribution >= 0.6 is 0 Å². The zero-order valence-electron chi connectivity index (χ0n) is 13.9. The van der Waals surface area contributed by atoms with Crippen LogP contribution in [-0.4, -0.2) is 25.7 Å². The molecular formula is C19H23NO3. The van der Waals surface area contributed by atoms with Gasteiger partial charge in [0.25, 0.3) is 5.91 Å². The molecule has 2 aromatic rings. The molecule has 0 aliphatic heterocycles. The summed E-state index contributed by atoms with van der Waals surface area (Å²) in [7, 11) is 0. The van der Waals surface area contributed by atoms with Crippen LogP contribution in [-0.2, 0) is 4.79 Å². The standard InChI is InChI=1S/C19H23NO3/c1-14-5-8-17(9-6-14)22-11-10-20-19(21)13-23-18-12-15(2)4-7-16(18)3/h4-9,12H,10-11,13H2,1-3H3,(H,20,21). The first-order valence-corrected chi connectivity index (χ1v) is 7.71. The Balaban J connectivity index is 1.67. The van der Waals surface area contributed by atoms with Crippen molar-refractivity contribution in [3.63, 3.8) is 0 Å². The highest BCUT2D eigenvalue weighted by Gasteiger charge is 2.05. The molecule has 0 aliphatic carbocycles. The van der Waals surface area contributed by atoms with Crippen LogP contribution in [0, 0.1) is 20.8 Å². The summed E-state index contributed by atoms with van der Waals surface area (Å²) < 4.78 is 11.1. The van der Waals surface area contributed by atoms with Crippen LogP contribution in [0.2, 0.25) is 0 Å². The van der Waals surface area contributed by atoms with Gasteiger partial charge in [-0.25, -0.2) is 0 Å². The van der Waals surface area contributed by atoms with E-state index < -0.39 is 0 Å². The fourth-order valence-electron chi connectivity index (χ4n) is 2.05. The summed E-state index contributed by atoms with van der Waals surface area (Å²) in [4.78, 5) is 11.8. The maximum absolute atomic E-state index is 11.8. The molecule has 0 fully saturated rings. The van der Waals surface area contributed by atoms with Gasteiger partial charge in [0.1, 0.15) is 18.1 Å². The SMILES string of the molecule is Cc1ccc(OCCNC(=O)COc2cc(C)ccc2C)cc1. The number of hydrogen-bond donors (Lipinski definition) is 1. The van der Waals surface area contributed by atoms with Crippen LogP contribution in [0.15, 0.2) is 42.5 Å². The zero-order chi connectivity index (χ0) is 16.7. The van der Waals surface area contributed by atoms with Crippen LogP contribution in [0.3, 0.4) is 0 Å². The van der Waals surface area contributed by atoms with E-state index in [1.807, 2.05) is 63.2 Å². The monoisotopic (exact) mass is 313 g/mol. The van der Waals surface area contributed by atoms with Crippen LogP contribution in [0.25, 0.3) is 0 Å². The minimum absolute atomic E-state index is 0.00875. The first-order valence-electron chi connectivity index (χ1n) is 7.71. The molecule has 2 aromatic carbocycles. The molecule has 0 radical (unpaired) electrons. The van der Waals surface area contributed by atoms with E-state index in [2.05, 4.69) is 5.32 Å². The number of benzene rings is 2. The number of ether oxygens (including phenoxy) is 2. The van der Waals surface area contributed by atoms with Gasteiger partial charge < -0.3 is 14.8 Å². The molecule has 0 aliphatic rings. The molecule has 0 saturated carbocycles. The molecule has 0 saturated heterocycles. The minimum Gasteiger partial charge on any atom is -0.492 e. The Kier molecular flexibility index (Phi) is 6.03. The van der Waals surface area contributed by atoms with Gasteiger partial charge in [0.15, 0.2) is 6.61 Å². The second kappa shape index (κ2) is 8.22. The minimum atomic E-state index is -0.154. The molecule has 0 heterocycles. The summed E-state index contributed by atoms with van der Waals surface area (Å²) in [6.45, 7) is 6.87. The molecule has 0 atom stereocenters. The molecule has 0 spiro atoms. The van der Waals surface area contributed by atoms with Crippen molar-refractivity contribution in [2.45, 2.75) is 20.8 Å². The molecule has 1 N–H and O–H groups in total. The Labute approximate surface area is 137 Å². The Bertz CT molecular complexity index is 650. The van der Waals surface area contributed by atoms with E-state index in [-0.39, 0.29) is 12.5 Å². The van der Waals surface area contributed by atoms with Crippen LogP contribution in [0.4, 0.5) is 0 Å². The summed E-state index contributed by atoms with van der Waals surface area (Å²) in [6, 6.07) is 13.8. The van der Waals surface area contributed by atoms with Gasteiger partial charge in [-0.3, -0.25) is 4.79 Å². The molecule has 4 nitrogen and oxygen atoms in total. The molecule has 2 rings (SSSR count). The summed E-state index contributed by atoms with van der Waals surface area (Å²) in [5.41, 5.74) is 3.32. The third kappa shape index (κ3) is 5.66. The lowest BCUT2D eigenvalue weighted by Gasteiger charge is -2.11. The Morgan fingerprint density at radius 1 is 0.957 bits per heavy atom. The van der Waals surface area contributed by atoms with Gasteiger partial charge in [-0.2, -0.15) is 0 Å². The van der Waals surface area contributed by atoms with Crippen LogP contribution in [0.1, 0.15) is 16.7 Å². The van der Waals surface area contributed by atoms with E-state index >= 15 is 0 Å². The molecule has 0 bridgehead atoms. The van der Waals surface area contributed by atoms with E-state index in [4.69, 9.17) is 9.47 Å². The second-order valence-corrected chi connectivity index (χ2v) is 5.57. The van der Waals surface area contributed by atoms with Crippen molar-refractivity contribution in [1.82, 2.24) is 5.32 Å². The first kappa shape index (κ1) is 16.9. The quantitative estimate of drug-likeness (QED) is 0.799. The largest absolute Gasteiger partial charge is 0.492 e. The van der Waals surface area contributed by atoms with Gasteiger partial charge in [0.2, 0.25) is 0 Å². The topological polar surface area (TPSA) is 47.6 Å². The highest BCUT2D eigenvalue weighted by Crippen LogP contribution is 2.18. The summed E-state index contributed by atoms with van der Waals surface area (Å²) in [6.07, 6.45) is 0. The highest BCUT2D eigenvalue weighted by atomic mass is 16.5. The maximum atomic E-state index is 11.8. The molecule has 122 valence electrons. The third-order valence-electron chi connectivity index (χ3n) is 3.42. The maximum Gasteiger partial charge on any atom is 0.258 e. The third-order valence-corrected chi connectivity index (χ3v) is 3.42. The van der Waals surface area contributed by atoms with Crippen LogP contribution < -0.4 is 14.8 Å². The normalized spacial score (nSPS) is 10.2. The average molecular weight is 313 g/mol. The number of amides is 1. The van der Waals surface area contributed by atoms with Gasteiger partial charge in [-0.1, -0.05) is 29.8 Å². The van der Waals surface area contributed by atoms with Crippen molar-refractivity contribution in [2.75, 3.05) is 19.8 Å². The number of nitrogens with one attached hydrogen (secondary N) is 1. The number of aryl methyl sites for hydroxylation is 3. The summed E-state index contributed by atoms with van der Waals surface area (Å²) >= 11 is 0. The lowest BCUT2D eigenvalue weighted by Crippen LogP contribution is -2.32. The molecule has 0 aromatic heterocycles. The van der Waals surface area contributed by atoms with Gasteiger partial charge >= 0.3 is 0 Å². The molecule has 4 heteroatoms. The van der Waals surface area contributed by atoms with E-state index in [0.29, 0.717) is 13.2 Å². The molecular weight excluding hydrogens is 290 g/mol. The van der Waals surface area contributed by atoms with Crippen molar-refractivity contribution in [3.8, 4) is 11.5 Å².